The third-order valence-electron chi connectivity index (χ3n) is 3.54. The van der Waals surface area contributed by atoms with Crippen molar-refractivity contribution in [2.24, 2.45) is 11.8 Å². The maximum atomic E-state index is 3.60. The fourth-order valence-corrected chi connectivity index (χ4v) is 2.37. The number of hydrogen-bond donors (Lipinski definition) is 1. The molecule has 1 rings (SSSR count). The van der Waals surface area contributed by atoms with E-state index in [1.807, 2.05) is 6.08 Å². The van der Waals surface area contributed by atoms with Crippen molar-refractivity contribution >= 4 is 0 Å². The van der Waals surface area contributed by atoms with E-state index in [0.717, 1.165) is 24.3 Å². The standard InChI is InChI=1S/C10H21N.C6H12/c1-9(11-2)8-10-6-4-3-5-7-10;1-4-5-6(2)3/h9-11H,3-8H2,1-2H3;4,6H,1,5H2,2-3H3. The Bertz CT molecular complexity index is 168. The molecular weight excluding hydrogens is 206 g/mol. The summed E-state index contributed by atoms with van der Waals surface area (Å²) in [6.45, 7) is 10.3. The highest BCUT2D eigenvalue weighted by Crippen LogP contribution is 2.26. The van der Waals surface area contributed by atoms with Gasteiger partial charge in [0.15, 0.2) is 0 Å². The van der Waals surface area contributed by atoms with E-state index in [1.165, 1.54) is 38.5 Å². The van der Waals surface area contributed by atoms with Gasteiger partial charge in [-0.25, -0.2) is 0 Å². The topological polar surface area (TPSA) is 12.0 Å². The normalized spacial score (nSPS) is 18.4. The number of nitrogens with one attached hydrogen (secondary N) is 1. The molecule has 1 aliphatic carbocycles. The Morgan fingerprint density at radius 3 is 2.12 bits per heavy atom. The maximum absolute atomic E-state index is 3.60. The average Bonchev–Trinajstić information content (AvgIpc) is 2.31. The summed E-state index contributed by atoms with van der Waals surface area (Å²) in [5.41, 5.74) is 0. The van der Waals surface area contributed by atoms with Gasteiger partial charge in [-0.15, -0.1) is 6.58 Å². The van der Waals surface area contributed by atoms with E-state index in [0.29, 0.717) is 0 Å². The van der Waals surface area contributed by atoms with Gasteiger partial charge in [0, 0.05) is 6.04 Å². The molecule has 0 amide bonds. The molecule has 0 radical (unpaired) electrons. The van der Waals surface area contributed by atoms with Crippen LogP contribution in [0, 0.1) is 11.8 Å². The van der Waals surface area contributed by atoms with E-state index in [2.05, 4.69) is 39.7 Å². The van der Waals surface area contributed by atoms with Crippen LogP contribution in [0.15, 0.2) is 12.7 Å². The van der Waals surface area contributed by atoms with Crippen LogP contribution in [0.4, 0.5) is 0 Å². The first-order chi connectivity index (χ1) is 8.10. The fraction of sp³-hybridized carbons (Fsp3) is 0.875. The second kappa shape index (κ2) is 10.8. The molecule has 0 aromatic rings. The van der Waals surface area contributed by atoms with Crippen molar-refractivity contribution in [3.05, 3.63) is 12.7 Å². The summed E-state index contributed by atoms with van der Waals surface area (Å²) >= 11 is 0. The zero-order chi connectivity index (χ0) is 13.1. The molecular formula is C16H33N. The lowest BCUT2D eigenvalue weighted by atomic mass is 9.85. The molecule has 1 aliphatic rings. The van der Waals surface area contributed by atoms with E-state index in [1.54, 1.807) is 0 Å². The molecule has 0 heterocycles. The van der Waals surface area contributed by atoms with Crippen LogP contribution in [0.1, 0.15) is 65.7 Å². The molecule has 1 fully saturated rings. The van der Waals surface area contributed by atoms with Crippen molar-refractivity contribution in [2.45, 2.75) is 71.8 Å². The molecule has 1 saturated carbocycles. The molecule has 1 N–H and O–H groups in total. The van der Waals surface area contributed by atoms with Crippen LogP contribution in [0.25, 0.3) is 0 Å². The number of rotatable bonds is 5. The first kappa shape index (κ1) is 16.7. The van der Waals surface area contributed by atoms with Gasteiger partial charge >= 0.3 is 0 Å². The summed E-state index contributed by atoms with van der Waals surface area (Å²) in [7, 11) is 2.06. The minimum absolute atomic E-state index is 0.720. The molecule has 1 atom stereocenters. The zero-order valence-corrected chi connectivity index (χ0v) is 12.5. The summed E-state index contributed by atoms with van der Waals surface area (Å²) < 4.78 is 0. The molecule has 102 valence electrons. The van der Waals surface area contributed by atoms with Gasteiger partial charge in [-0.2, -0.15) is 0 Å². The Morgan fingerprint density at radius 2 is 1.76 bits per heavy atom. The van der Waals surface area contributed by atoms with E-state index in [4.69, 9.17) is 0 Å². The van der Waals surface area contributed by atoms with Gasteiger partial charge in [-0.1, -0.05) is 52.0 Å². The van der Waals surface area contributed by atoms with Crippen LogP contribution in [-0.4, -0.2) is 13.1 Å². The molecule has 0 aromatic heterocycles. The maximum Gasteiger partial charge on any atom is 0.00383 e. The van der Waals surface area contributed by atoms with Gasteiger partial charge in [0.1, 0.15) is 0 Å². The molecule has 0 bridgehead atoms. The van der Waals surface area contributed by atoms with E-state index in [9.17, 15) is 0 Å². The van der Waals surface area contributed by atoms with E-state index >= 15 is 0 Å². The summed E-state index contributed by atoms with van der Waals surface area (Å²) in [6, 6.07) is 0.720. The van der Waals surface area contributed by atoms with Gasteiger partial charge in [-0.05, 0) is 38.6 Å². The molecule has 1 unspecified atom stereocenters. The molecule has 0 saturated heterocycles. The highest BCUT2D eigenvalue weighted by molar-refractivity contribution is 4.70. The average molecular weight is 239 g/mol. The summed E-state index contributed by atoms with van der Waals surface area (Å²) in [6.07, 6.45) is 11.9. The van der Waals surface area contributed by atoms with Gasteiger partial charge in [0.2, 0.25) is 0 Å². The molecule has 1 nitrogen and oxygen atoms in total. The first-order valence-electron chi connectivity index (χ1n) is 7.38. The lowest BCUT2D eigenvalue weighted by molar-refractivity contribution is 0.311. The predicted molar refractivity (Wildman–Crippen MR) is 79.4 cm³/mol. The molecule has 0 spiro atoms. The fourth-order valence-electron chi connectivity index (χ4n) is 2.37. The van der Waals surface area contributed by atoms with Crippen molar-refractivity contribution in [3.8, 4) is 0 Å². The van der Waals surface area contributed by atoms with Crippen molar-refractivity contribution in [2.75, 3.05) is 7.05 Å². The number of hydrogen-bond acceptors (Lipinski definition) is 1. The lowest BCUT2D eigenvalue weighted by Crippen LogP contribution is -2.25. The van der Waals surface area contributed by atoms with Crippen LogP contribution in [0.5, 0.6) is 0 Å². The van der Waals surface area contributed by atoms with Crippen molar-refractivity contribution < 1.29 is 0 Å². The second-order valence-corrected chi connectivity index (χ2v) is 5.85. The van der Waals surface area contributed by atoms with Crippen molar-refractivity contribution in [1.29, 1.82) is 0 Å². The van der Waals surface area contributed by atoms with Crippen LogP contribution in [0.2, 0.25) is 0 Å². The third-order valence-corrected chi connectivity index (χ3v) is 3.54. The minimum Gasteiger partial charge on any atom is -0.317 e. The SMILES string of the molecule is C=CCC(C)C.CNC(C)CC1CCCCC1. The zero-order valence-electron chi connectivity index (χ0n) is 12.5. The van der Waals surface area contributed by atoms with Gasteiger partial charge in [0.25, 0.3) is 0 Å². The molecule has 0 aliphatic heterocycles. The Hall–Kier alpha value is -0.300. The largest absolute Gasteiger partial charge is 0.317 e. The minimum atomic E-state index is 0.720. The Morgan fingerprint density at radius 1 is 1.18 bits per heavy atom. The smallest absolute Gasteiger partial charge is 0.00383 e. The van der Waals surface area contributed by atoms with Crippen LogP contribution in [-0.2, 0) is 0 Å². The summed E-state index contributed by atoms with van der Waals surface area (Å²) in [5, 5.41) is 3.31. The Balaban J connectivity index is 0.000000366. The van der Waals surface area contributed by atoms with Gasteiger partial charge in [0.05, 0.1) is 0 Å². The van der Waals surface area contributed by atoms with Gasteiger partial charge in [-0.3, -0.25) is 0 Å². The van der Waals surface area contributed by atoms with E-state index in [-0.39, 0.29) is 0 Å². The van der Waals surface area contributed by atoms with Crippen molar-refractivity contribution in [3.63, 3.8) is 0 Å². The summed E-state index contributed by atoms with van der Waals surface area (Å²) in [5.74, 6) is 1.80. The Kier molecular flexibility index (Phi) is 10.6. The monoisotopic (exact) mass is 239 g/mol. The van der Waals surface area contributed by atoms with Crippen LogP contribution in [0.3, 0.4) is 0 Å². The molecule has 17 heavy (non-hydrogen) atoms. The second-order valence-electron chi connectivity index (χ2n) is 5.85. The Labute approximate surface area is 109 Å². The highest BCUT2D eigenvalue weighted by atomic mass is 14.8. The summed E-state index contributed by atoms with van der Waals surface area (Å²) in [4.78, 5) is 0. The van der Waals surface area contributed by atoms with Crippen molar-refractivity contribution in [1.82, 2.24) is 5.32 Å². The van der Waals surface area contributed by atoms with E-state index < -0.39 is 0 Å². The third kappa shape index (κ3) is 10.6. The first-order valence-corrected chi connectivity index (χ1v) is 7.38. The molecule has 0 aromatic carbocycles. The molecule has 1 heteroatoms. The van der Waals surface area contributed by atoms with Crippen LogP contribution >= 0.6 is 0 Å². The highest BCUT2D eigenvalue weighted by Gasteiger charge is 2.14. The van der Waals surface area contributed by atoms with Crippen LogP contribution < -0.4 is 5.32 Å². The van der Waals surface area contributed by atoms with Gasteiger partial charge < -0.3 is 5.32 Å². The predicted octanol–water partition coefficient (Wildman–Crippen LogP) is 4.78. The quantitative estimate of drug-likeness (QED) is 0.681. The lowest BCUT2D eigenvalue weighted by Gasteiger charge is -2.24. The number of allylic oxidation sites excluding steroid dienone is 1.